The summed E-state index contributed by atoms with van der Waals surface area (Å²) in [6.45, 7) is 11.6. The second-order valence-electron chi connectivity index (χ2n) is 8.55. The summed E-state index contributed by atoms with van der Waals surface area (Å²) in [5.74, 6) is 1.37. The van der Waals surface area contributed by atoms with Gasteiger partial charge in [-0.25, -0.2) is 0 Å². The van der Waals surface area contributed by atoms with Crippen LogP contribution in [0.15, 0.2) is 34.9 Å². The van der Waals surface area contributed by atoms with Gasteiger partial charge in [0.2, 0.25) is 5.82 Å². The third-order valence-electron chi connectivity index (χ3n) is 5.55. The van der Waals surface area contributed by atoms with Crippen molar-refractivity contribution < 1.29 is 18.8 Å². The Morgan fingerprint density at radius 1 is 1.18 bits per heavy atom. The lowest BCUT2D eigenvalue weighted by Gasteiger charge is -2.19. The molecule has 3 aromatic rings. The van der Waals surface area contributed by atoms with E-state index >= 15 is 0 Å². The van der Waals surface area contributed by atoms with Gasteiger partial charge in [0.15, 0.2) is 0 Å². The Labute approximate surface area is 206 Å². The zero-order valence-corrected chi connectivity index (χ0v) is 21.4. The van der Waals surface area contributed by atoms with Crippen molar-refractivity contribution in [1.29, 1.82) is 0 Å². The molecule has 0 saturated heterocycles. The van der Waals surface area contributed by atoms with Crippen LogP contribution >= 0.6 is 11.6 Å². The second kappa shape index (κ2) is 11.5. The first-order valence-corrected chi connectivity index (χ1v) is 11.8. The number of nitrogens with zero attached hydrogens (tertiary/aromatic N) is 3. The minimum Gasteiger partial charge on any atom is -0.489 e. The van der Waals surface area contributed by atoms with Crippen LogP contribution in [0.3, 0.4) is 0 Å². The molecular formula is C26H32ClN3O4. The van der Waals surface area contributed by atoms with Gasteiger partial charge in [-0.2, -0.15) is 4.98 Å². The molecule has 0 radical (unpaired) electrons. The van der Waals surface area contributed by atoms with Crippen molar-refractivity contribution in [3.05, 3.63) is 52.0 Å². The fourth-order valence-electron chi connectivity index (χ4n) is 3.61. The molecule has 0 amide bonds. The Morgan fingerprint density at radius 2 is 1.94 bits per heavy atom. The van der Waals surface area contributed by atoms with Gasteiger partial charge in [0.1, 0.15) is 5.75 Å². The summed E-state index contributed by atoms with van der Waals surface area (Å²) in [5.41, 5.74) is 5.07. The topological polar surface area (TPSA) is 77.7 Å². The van der Waals surface area contributed by atoms with Gasteiger partial charge in [0, 0.05) is 24.2 Å². The third kappa shape index (κ3) is 6.36. The fourth-order valence-corrected chi connectivity index (χ4v) is 3.83. The Hall–Kier alpha value is -2.90. The van der Waals surface area contributed by atoms with E-state index in [2.05, 4.69) is 35.0 Å². The summed E-state index contributed by atoms with van der Waals surface area (Å²) in [5, 5.41) is 4.69. The monoisotopic (exact) mass is 485 g/mol. The van der Waals surface area contributed by atoms with E-state index in [4.69, 9.17) is 25.6 Å². The van der Waals surface area contributed by atoms with Crippen molar-refractivity contribution in [2.75, 3.05) is 20.2 Å². The fraction of sp³-hybridized carbons (Fsp3) is 0.423. The van der Waals surface area contributed by atoms with Crippen LogP contribution in [0.2, 0.25) is 5.02 Å². The molecule has 0 aliphatic heterocycles. The maximum Gasteiger partial charge on any atom is 0.307 e. The van der Waals surface area contributed by atoms with Crippen LogP contribution in [-0.2, 0) is 16.1 Å². The lowest BCUT2D eigenvalue weighted by atomic mass is 9.97. The lowest BCUT2D eigenvalue weighted by Crippen LogP contribution is -2.22. The predicted molar refractivity (Wildman–Crippen MR) is 133 cm³/mol. The van der Waals surface area contributed by atoms with E-state index in [0.29, 0.717) is 42.1 Å². The van der Waals surface area contributed by atoms with Crippen molar-refractivity contribution >= 4 is 17.6 Å². The maximum atomic E-state index is 11.6. The Kier molecular flexibility index (Phi) is 8.69. The molecule has 0 unspecified atom stereocenters. The van der Waals surface area contributed by atoms with Crippen LogP contribution in [0.5, 0.6) is 5.75 Å². The average Bonchev–Trinajstić information content (AvgIpc) is 3.27. The first kappa shape index (κ1) is 25.7. The molecule has 0 bridgehead atoms. The summed E-state index contributed by atoms with van der Waals surface area (Å²) in [4.78, 5) is 18.3. The van der Waals surface area contributed by atoms with Gasteiger partial charge in [0.25, 0.3) is 5.89 Å². The lowest BCUT2D eigenvalue weighted by molar-refractivity contribution is -0.143. The number of hydrogen-bond acceptors (Lipinski definition) is 7. The SMILES string of the molecule is CCOC(=O)CCN(C)Cc1ccc(-c2noc(-c3ccc(OC(C)C)c(Cl)c3)n2)c(C)c1C. The molecule has 8 heteroatoms. The molecule has 0 saturated carbocycles. The van der Waals surface area contributed by atoms with E-state index in [-0.39, 0.29) is 12.1 Å². The highest BCUT2D eigenvalue weighted by Crippen LogP contribution is 2.32. The molecule has 7 nitrogen and oxygen atoms in total. The minimum absolute atomic E-state index is 0.0323. The van der Waals surface area contributed by atoms with Crippen LogP contribution in [0.4, 0.5) is 0 Å². The number of hydrogen-bond donors (Lipinski definition) is 0. The zero-order chi connectivity index (χ0) is 24.8. The van der Waals surface area contributed by atoms with Crippen molar-refractivity contribution in [3.63, 3.8) is 0 Å². The Morgan fingerprint density at radius 3 is 2.62 bits per heavy atom. The first-order valence-electron chi connectivity index (χ1n) is 11.4. The number of rotatable bonds is 10. The van der Waals surface area contributed by atoms with E-state index < -0.39 is 0 Å². The summed E-state index contributed by atoms with van der Waals surface area (Å²) >= 11 is 6.36. The molecule has 0 spiro atoms. The normalized spacial score (nSPS) is 11.3. The van der Waals surface area contributed by atoms with Gasteiger partial charge in [-0.05, 0) is 76.6 Å². The molecule has 0 aliphatic rings. The molecule has 3 rings (SSSR count). The molecule has 0 fully saturated rings. The van der Waals surface area contributed by atoms with Gasteiger partial charge >= 0.3 is 5.97 Å². The van der Waals surface area contributed by atoms with E-state index in [9.17, 15) is 4.79 Å². The Bertz CT molecular complexity index is 1140. The van der Waals surface area contributed by atoms with Crippen molar-refractivity contribution in [2.45, 2.75) is 53.7 Å². The van der Waals surface area contributed by atoms with E-state index in [1.54, 1.807) is 6.07 Å². The van der Waals surface area contributed by atoms with Gasteiger partial charge in [-0.15, -0.1) is 0 Å². The number of carbonyl (C=O) groups is 1. The van der Waals surface area contributed by atoms with Crippen molar-refractivity contribution in [3.8, 4) is 28.6 Å². The van der Waals surface area contributed by atoms with Crippen LogP contribution in [0.25, 0.3) is 22.8 Å². The number of benzene rings is 2. The number of esters is 1. The highest BCUT2D eigenvalue weighted by atomic mass is 35.5. The Balaban J connectivity index is 1.75. The smallest absolute Gasteiger partial charge is 0.307 e. The predicted octanol–water partition coefficient (Wildman–Crippen LogP) is 5.85. The van der Waals surface area contributed by atoms with E-state index in [1.165, 1.54) is 5.56 Å². The van der Waals surface area contributed by atoms with Gasteiger partial charge in [-0.1, -0.05) is 28.9 Å². The summed E-state index contributed by atoms with van der Waals surface area (Å²) < 4.78 is 16.2. The molecule has 182 valence electrons. The number of halogens is 1. The molecular weight excluding hydrogens is 454 g/mol. The van der Waals surface area contributed by atoms with Crippen LogP contribution in [-0.4, -0.2) is 47.3 Å². The van der Waals surface area contributed by atoms with Crippen molar-refractivity contribution in [1.82, 2.24) is 15.0 Å². The molecule has 0 N–H and O–H groups in total. The molecule has 2 aromatic carbocycles. The second-order valence-corrected chi connectivity index (χ2v) is 8.96. The molecule has 0 atom stereocenters. The molecule has 34 heavy (non-hydrogen) atoms. The molecule has 1 heterocycles. The highest BCUT2D eigenvalue weighted by molar-refractivity contribution is 6.32. The standard InChI is InChI=1S/C26H32ClN3O4/c1-7-32-24(31)12-13-30(6)15-20-8-10-21(18(5)17(20)4)25-28-26(34-29-25)19-9-11-23(22(27)14-19)33-16(2)3/h8-11,14,16H,7,12-13,15H2,1-6H3. The highest BCUT2D eigenvalue weighted by Gasteiger charge is 2.17. The third-order valence-corrected chi connectivity index (χ3v) is 5.85. The van der Waals surface area contributed by atoms with Crippen LogP contribution < -0.4 is 4.74 Å². The number of carbonyl (C=O) groups excluding carboxylic acids is 1. The van der Waals surface area contributed by atoms with Crippen molar-refractivity contribution in [2.24, 2.45) is 0 Å². The van der Waals surface area contributed by atoms with Gasteiger partial charge in [-0.3, -0.25) is 4.79 Å². The van der Waals surface area contributed by atoms with E-state index in [1.807, 2.05) is 46.0 Å². The quantitative estimate of drug-likeness (QED) is 0.333. The number of aromatic nitrogens is 2. The molecule has 0 aliphatic carbocycles. The van der Waals surface area contributed by atoms with Crippen LogP contribution in [0.1, 0.15) is 43.9 Å². The largest absolute Gasteiger partial charge is 0.489 e. The van der Waals surface area contributed by atoms with Crippen LogP contribution in [0, 0.1) is 13.8 Å². The first-order chi connectivity index (χ1) is 16.2. The zero-order valence-electron chi connectivity index (χ0n) is 20.6. The minimum atomic E-state index is -0.172. The summed E-state index contributed by atoms with van der Waals surface area (Å²) in [6.07, 6.45) is 0.408. The summed E-state index contributed by atoms with van der Waals surface area (Å²) in [6, 6.07) is 9.52. The number of ether oxygens (including phenoxy) is 2. The van der Waals surface area contributed by atoms with Gasteiger partial charge < -0.3 is 18.9 Å². The van der Waals surface area contributed by atoms with E-state index in [0.717, 1.165) is 28.8 Å². The van der Waals surface area contributed by atoms with Gasteiger partial charge in [0.05, 0.1) is 24.2 Å². The molecule has 1 aromatic heterocycles. The average molecular weight is 486 g/mol. The maximum absolute atomic E-state index is 11.6. The summed E-state index contributed by atoms with van der Waals surface area (Å²) in [7, 11) is 2.00.